The monoisotopic (exact) mass is 469 g/mol. The van der Waals surface area contributed by atoms with Gasteiger partial charge in [0.05, 0.1) is 41.5 Å². The predicted octanol–water partition coefficient (Wildman–Crippen LogP) is 2.01. The van der Waals surface area contributed by atoms with Gasteiger partial charge in [-0.1, -0.05) is 6.92 Å². The number of fused-ring (bicyclic) bond motifs is 1. The summed E-state index contributed by atoms with van der Waals surface area (Å²) >= 11 is 0. The van der Waals surface area contributed by atoms with Crippen LogP contribution in [0.3, 0.4) is 0 Å². The lowest BCUT2D eigenvalue weighted by Crippen LogP contribution is -2.47. The summed E-state index contributed by atoms with van der Waals surface area (Å²) in [6.07, 6.45) is -1.20. The van der Waals surface area contributed by atoms with Crippen molar-refractivity contribution in [2.45, 2.75) is 29.7 Å². The number of sulfonamides is 1. The third kappa shape index (κ3) is 4.47. The Morgan fingerprint density at radius 1 is 1.06 bits per heavy atom. The molecule has 0 aromatic heterocycles. The number of ether oxygens (including phenoxy) is 3. The van der Waals surface area contributed by atoms with E-state index in [9.17, 15) is 21.6 Å². The molecule has 1 atom stereocenters. The molecule has 2 aromatic rings. The highest BCUT2D eigenvalue weighted by Crippen LogP contribution is 2.39. The van der Waals surface area contributed by atoms with Crippen molar-refractivity contribution in [1.82, 2.24) is 0 Å². The Hall–Kier alpha value is -2.79. The number of rotatable bonds is 7. The van der Waals surface area contributed by atoms with Crippen LogP contribution in [-0.4, -0.2) is 54.9 Å². The summed E-state index contributed by atoms with van der Waals surface area (Å²) < 4.78 is 68.2. The Labute approximate surface area is 181 Å². The Morgan fingerprint density at radius 3 is 2.29 bits per heavy atom. The normalized spacial score (nSPS) is 16.2. The topological polar surface area (TPSA) is 116 Å². The van der Waals surface area contributed by atoms with Crippen molar-refractivity contribution in [3.05, 3.63) is 42.5 Å². The minimum absolute atomic E-state index is 0.0332. The smallest absolute Gasteiger partial charge is 0.349 e. The predicted molar refractivity (Wildman–Crippen MR) is 113 cm³/mol. The zero-order valence-corrected chi connectivity index (χ0v) is 18.9. The van der Waals surface area contributed by atoms with E-state index in [1.807, 2.05) is 0 Å². The van der Waals surface area contributed by atoms with Gasteiger partial charge < -0.3 is 14.2 Å². The third-order valence-corrected chi connectivity index (χ3v) is 8.26. The molecule has 1 aliphatic rings. The molecule has 31 heavy (non-hydrogen) atoms. The van der Waals surface area contributed by atoms with Gasteiger partial charge in [-0.2, -0.15) is 0 Å². The molecule has 2 aromatic carbocycles. The molecule has 1 heterocycles. The van der Waals surface area contributed by atoms with Gasteiger partial charge in [0.25, 0.3) is 10.0 Å². The highest BCUT2D eigenvalue weighted by molar-refractivity contribution is 7.93. The quantitative estimate of drug-likeness (QED) is 0.566. The molecule has 3 rings (SSSR count). The van der Waals surface area contributed by atoms with Gasteiger partial charge in [-0.25, -0.2) is 21.6 Å². The Morgan fingerprint density at radius 2 is 1.71 bits per heavy atom. The summed E-state index contributed by atoms with van der Waals surface area (Å²) in [6, 6.07) is 9.65. The van der Waals surface area contributed by atoms with E-state index in [4.69, 9.17) is 14.2 Å². The molecule has 0 spiro atoms. The number of methoxy groups -OCH3 is 1. The lowest BCUT2D eigenvalue weighted by molar-refractivity contribution is -0.151. The van der Waals surface area contributed by atoms with E-state index in [-0.39, 0.29) is 40.1 Å². The first-order valence-electron chi connectivity index (χ1n) is 9.51. The summed E-state index contributed by atoms with van der Waals surface area (Å²) in [5.41, 5.74) is 0.0332. The van der Waals surface area contributed by atoms with Crippen molar-refractivity contribution in [3.63, 3.8) is 0 Å². The van der Waals surface area contributed by atoms with Crippen LogP contribution in [0.1, 0.15) is 13.8 Å². The number of esters is 1. The van der Waals surface area contributed by atoms with Gasteiger partial charge in [-0.05, 0) is 49.4 Å². The van der Waals surface area contributed by atoms with Crippen LogP contribution in [-0.2, 0) is 29.4 Å². The SMILES string of the molecule is CCOC(=O)[C@H]1CN(S(=O)(=O)c2ccc(OC)cc2)c2cc(S(=O)(=O)CC)ccc2O1. The number of nitrogens with zero attached hydrogens (tertiary/aromatic N) is 1. The van der Waals surface area contributed by atoms with Crippen molar-refractivity contribution in [2.75, 3.05) is 30.3 Å². The lowest BCUT2D eigenvalue weighted by Gasteiger charge is -2.34. The van der Waals surface area contributed by atoms with Gasteiger partial charge >= 0.3 is 5.97 Å². The number of carbonyl (C=O) groups is 1. The molecule has 0 radical (unpaired) electrons. The van der Waals surface area contributed by atoms with Gasteiger partial charge in [-0.3, -0.25) is 4.31 Å². The van der Waals surface area contributed by atoms with Crippen LogP contribution < -0.4 is 13.8 Å². The largest absolute Gasteiger partial charge is 0.497 e. The number of sulfone groups is 1. The van der Waals surface area contributed by atoms with Gasteiger partial charge in [0.15, 0.2) is 9.84 Å². The van der Waals surface area contributed by atoms with Gasteiger partial charge in [0.2, 0.25) is 6.10 Å². The zero-order chi connectivity index (χ0) is 22.8. The van der Waals surface area contributed by atoms with Crippen molar-refractivity contribution in [1.29, 1.82) is 0 Å². The molecule has 0 saturated carbocycles. The van der Waals surface area contributed by atoms with Gasteiger partial charge in [0, 0.05) is 0 Å². The van der Waals surface area contributed by atoms with Crippen molar-refractivity contribution >= 4 is 31.5 Å². The number of benzene rings is 2. The molecule has 0 unspecified atom stereocenters. The fourth-order valence-corrected chi connectivity index (χ4v) is 5.42. The maximum atomic E-state index is 13.4. The first-order valence-corrected chi connectivity index (χ1v) is 12.6. The molecule has 11 heteroatoms. The van der Waals surface area contributed by atoms with Crippen LogP contribution in [0.5, 0.6) is 11.5 Å². The van der Waals surface area contributed by atoms with Crippen LogP contribution in [0.15, 0.2) is 52.3 Å². The number of anilines is 1. The molecular weight excluding hydrogens is 446 g/mol. The third-order valence-electron chi connectivity index (χ3n) is 4.74. The van der Waals surface area contributed by atoms with Crippen molar-refractivity contribution < 1.29 is 35.8 Å². The van der Waals surface area contributed by atoms with Crippen LogP contribution >= 0.6 is 0 Å². The molecule has 0 N–H and O–H groups in total. The van der Waals surface area contributed by atoms with Crippen LogP contribution in [0.4, 0.5) is 5.69 Å². The average Bonchev–Trinajstić information content (AvgIpc) is 2.78. The van der Waals surface area contributed by atoms with Gasteiger partial charge in [-0.15, -0.1) is 0 Å². The van der Waals surface area contributed by atoms with E-state index in [0.717, 1.165) is 4.31 Å². The van der Waals surface area contributed by atoms with Crippen LogP contribution in [0.2, 0.25) is 0 Å². The second-order valence-electron chi connectivity index (χ2n) is 6.60. The molecule has 0 fully saturated rings. The molecule has 168 valence electrons. The van der Waals surface area contributed by atoms with E-state index in [2.05, 4.69) is 0 Å². The standard InChI is InChI=1S/C20H23NO8S2/c1-4-28-20(22)19-13-21(31(25,26)15-8-6-14(27-3)7-9-15)17-12-16(30(23,24)5-2)10-11-18(17)29-19/h6-12,19H,4-5,13H2,1-3H3/t19-/m1/s1. The van der Waals surface area contributed by atoms with Crippen molar-refractivity contribution in [3.8, 4) is 11.5 Å². The lowest BCUT2D eigenvalue weighted by atomic mass is 10.2. The molecular formula is C20H23NO8S2. The van der Waals surface area contributed by atoms with Crippen LogP contribution in [0, 0.1) is 0 Å². The highest BCUT2D eigenvalue weighted by Gasteiger charge is 2.39. The number of carbonyl (C=O) groups excluding carboxylic acids is 1. The maximum absolute atomic E-state index is 13.4. The minimum atomic E-state index is -4.16. The number of hydrogen-bond donors (Lipinski definition) is 0. The minimum Gasteiger partial charge on any atom is -0.497 e. The maximum Gasteiger partial charge on any atom is 0.349 e. The molecule has 0 bridgehead atoms. The van der Waals surface area contributed by atoms with E-state index in [0.29, 0.717) is 5.75 Å². The summed E-state index contributed by atoms with van der Waals surface area (Å²) in [5, 5.41) is 0. The highest BCUT2D eigenvalue weighted by atomic mass is 32.2. The average molecular weight is 470 g/mol. The summed E-state index contributed by atoms with van der Waals surface area (Å²) in [5.74, 6) is -0.324. The Kier molecular flexibility index (Phi) is 6.46. The Balaban J connectivity index is 2.14. The Bertz CT molecular complexity index is 1170. The molecule has 1 aliphatic heterocycles. The summed E-state index contributed by atoms with van der Waals surface area (Å²) in [4.78, 5) is 12.2. The van der Waals surface area contributed by atoms with E-state index < -0.39 is 31.9 Å². The second kappa shape index (κ2) is 8.75. The van der Waals surface area contributed by atoms with Gasteiger partial charge in [0.1, 0.15) is 11.5 Å². The summed E-state index contributed by atoms with van der Waals surface area (Å²) in [6.45, 7) is 2.86. The van der Waals surface area contributed by atoms with Crippen LogP contribution in [0.25, 0.3) is 0 Å². The number of hydrogen-bond acceptors (Lipinski definition) is 8. The molecule has 0 aliphatic carbocycles. The van der Waals surface area contributed by atoms with E-state index in [1.165, 1.54) is 56.5 Å². The first-order chi connectivity index (χ1) is 14.6. The van der Waals surface area contributed by atoms with E-state index >= 15 is 0 Å². The van der Waals surface area contributed by atoms with E-state index in [1.54, 1.807) is 6.92 Å². The zero-order valence-electron chi connectivity index (χ0n) is 17.3. The molecule has 0 amide bonds. The molecule has 0 saturated heterocycles. The summed E-state index contributed by atoms with van der Waals surface area (Å²) in [7, 11) is -6.29. The first kappa shape index (κ1) is 22.9. The fraction of sp³-hybridized carbons (Fsp3) is 0.350. The fourth-order valence-electron chi connectivity index (χ4n) is 3.05. The van der Waals surface area contributed by atoms with Crippen molar-refractivity contribution in [2.24, 2.45) is 0 Å². The molecule has 9 nitrogen and oxygen atoms in total. The second-order valence-corrected chi connectivity index (χ2v) is 10.7.